The summed E-state index contributed by atoms with van der Waals surface area (Å²) in [7, 11) is -9.95. The van der Waals surface area contributed by atoms with Crippen LogP contribution in [0.25, 0.3) is 0 Å². The fourth-order valence-corrected chi connectivity index (χ4v) is 10.5. The Morgan fingerprint density at radius 1 is 0.900 bits per heavy atom. The van der Waals surface area contributed by atoms with E-state index in [1.165, 1.54) is 6.92 Å². The lowest BCUT2D eigenvalue weighted by molar-refractivity contribution is -0.229. The van der Waals surface area contributed by atoms with Crippen LogP contribution in [0.5, 0.6) is 11.5 Å². The molecule has 7 atom stereocenters. The predicted octanol–water partition coefficient (Wildman–Crippen LogP) is 6.64. The van der Waals surface area contributed by atoms with Gasteiger partial charge in [0.25, 0.3) is 0 Å². The number of ether oxygens (including phenoxy) is 1. The summed E-state index contributed by atoms with van der Waals surface area (Å²) in [5.41, 5.74) is -3.28. The van der Waals surface area contributed by atoms with E-state index in [1.807, 2.05) is 6.92 Å². The smallest absolute Gasteiger partial charge is 0.389 e. The third-order valence-corrected chi connectivity index (χ3v) is 13.4. The zero-order valence-electron chi connectivity index (χ0n) is 30.5. The molecule has 12 nitrogen and oxygen atoms in total. The van der Waals surface area contributed by atoms with Crippen LogP contribution in [-0.4, -0.2) is 59.9 Å². The monoisotopic (exact) mass is 744 g/mol. The maximum absolute atomic E-state index is 14.5. The maximum Gasteiger partial charge on any atom is 0.446 e. The summed E-state index contributed by atoms with van der Waals surface area (Å²) in [6, 6.07) is 3.10. The molecule has 1 saturated heterocycles. The average Bonchev–Trinajstić information content (AvgIpc) is 3.08. The second-order valence-corrected chi connectivity index (χ2v) is 18.7. The van der Waals surface area contributed by atoms with Crippen molar-refractivity contribution in [1.82, 2.24) is 0 Å². The first-order valence-corrected chi connectivity index (χ1v) is 20.5. The standard InChI is InChI=1S/C36H56O12S2/c1-24-10-15-31-35(7,19-8-16-32(3,4)46-31)36(24,39)21-20-33(5)17-9-18-34(6,29(33)14-11-25(2)37)30(38)23-26-22-27(47-49(40,41)42)12-13-28(26)48-50(43,44)45/h12-13,22,24,29,31,39H,8-11,14-21,23H2,1-7H3,(H,40,41,42)(H,43,44,45). The van der Waals surface area contributed by atoms with Gasteiger partial charge in [0.15, 0.2) is 0 Å². The molecule has 0 aromatic heterocycles. The van der Waals surface area contributed by atoms with Gasteiger partial charge >= 0.3 is 20.8 Å². The number of hydrogen-bond acceptors (Lipinski definition) is 10. The van der Waals surface area contributed by atoms with E-state index in [2.05, 4.69) is 38.8 Å². The summed E-state index contributed by atoms with van der Waals surface area (Å²) in [6.07, 6.45) is 7.68. The minimum Gasteiger partial charge on any atom is -0.389 e. The van der Waals surface area contributed by atoms with Crippen molar-refractivity contribution in [3.8, 4) is 11.5 Å². The predicted molar refractivity (Wildman–Crippen MR) is 186 cm³/mol. The largest absolute Gasteiger partial charge is 0.446 e. The molecular formula is C36H56O12S2. The first-order valence-electron chi connectivity index (χ1n) is 17.7. The second-order valence-electron chi connectivity index (χ2n) is 16.6. The zero-order chi connectivity index (χ0) is 37.6. The Morgan fingerprint density at radius 3 is 2.16 bits per heavy atom. The average molecular weight is 745 g/mol. The first-order chi connectivity index (χ1) is 22.8. The van der Waals surface area contributed by atoms with E-state index in [-0.39, 0.29) is 47.1 Å². The molecule has 0 bridgehead atoms. The molecule has 3 aliphatic rings. The van der Waals surface area contributed by atoms with Crippen LogP contribution in [-0.2, 0) is 41.5 Å². The Hall–Kier alpha value is -2.10. The number of carbonyl (C=O) groups is 2. The van der Waals surface area contributed by atoms with Crippen molar-refractivity contribution in [2.24, 2.45) is 28.1 Å². The van der Waals surface area contributed by atoms with Gasteiger partial charge in [-0.05, 0) is 120 Å². The minimum absolute atomic E-state index is 0.0141. The van der Waals surface area contributed by atoms with E-state index in [4.69, 9.17) is 8.92 Å². The van der Waals surface area contributed by atoms with E-state index in [1.54, 1.807) is 0 Å². The molecule has 2 aliphatic carbocycles. The van der Waals surface area contributed by atoms with E-state index in [9.17, 15) is 40.6 Å². The number of ketones is 2. The van der Waals surface area contributed by atoms with Crippen LogP contribution in [0.15, 0.2) is 18.2 Å². The SMILES string of the molecule is CC(=O)CCC1C(C)(CCC2(O)C(C)CCC3OC(C)(C)CCCC32C)CCCC1(C)C(=O)Cc1cc(OS(=O)(=O)O)ccc1OS(=O)(=O)O. The molecule has 14 heteroatoms. The highest BCUT2D eigenvalue weighted by Gasteiger charge is 2.60. The van der Waals surface area contributed by atoms with Gasteiger partial charge in [0.2, 0.25) is 0 Å². The number of benzene rings is 1. The van der Waals surface area contributed by atoms with Crippen LogP contribution in [0.1, 0.15) is 131 Å². The summed E-state index contributed by atoms with van der Waals surface area (Å²) < 4.78 is 80.6. The van der Waals surface area contributed by atoms with Gasteiger partial charge in [-0.3, -0.25) is 13.9 Å². The van der Waals surface area contributed by atoms with E-state index >= 15 is 0 Å². The Kier molecular flexibility index (Phi) is 11.7. The van der Waals surface area contributed by atoms with Gasteiger partial charge in [0.05, 0.1) is 17.3 Å². The fraction of sp³-hybridized carbons (Fsp3) is 0.778. The van der Waals surface area contributed by atoms with Crippen LogP contribution in [0.3, 0.4) is 0 Å². The van der Waals surface area contributed by atoms with Crippen molar-refractivity contribution < 1.29 is 53.7 Å². The molecule has 4 rings (SSSR count). The summed E-state index contributed by atoms with van der Waals surface area (Å²) in [5.74, 6) is -1.37. The molecule has 0 radical (unpaired) electrons. The number of rotatable bonds is 13. The minimum atomic E-state index is -5.01. The van der Waals surface area contributed by atoms with E-state index in [0.717, 1.165) is 56.7 Å². The summed E-state index contributed by atoms with van der Waals surface area (Å²) in [6.45, 7) is 14.0. The summed E-state index contributed by atoms with van der Waals surface area (Å²) in [5, 5.41) is 12.7. The van der Waals surface area contributed by atoms with Crippen LogP contribution >= 0.6 is 0 Å². The highest BCUT2D eigenvalue weighted by Crippen LogP contribution is 2.60. The molecule has 1 aliphatic heterocycles. The van der Waals surface area contributed by atoms with Gasteiger partial charge in [-0.25, -0.2) is 0 Å². The summed E-state index contributed by atoms with van der Waals surface area (Å²) >= 11 is 0. The van der Waals surface area contributed by atoms with Crippen molar-refractivity contribution in [3.63, 3.8) is 0 Å². The zero-order valence-corrected chi connectivity index (χ0v) is 32.1. The molecule has 50 heavy (non-hydrogen) atoms. The van der Waals surface area contributed by atoms with Gasteiger partial charge in [0.1, 0.15) is 23.1 Å². The Labute approximate surface area is 297 Å². The van der Waals surface area contributed by atoms with Gasteiger partial charge < -0.3 is 23.0 Å². The van der Waals surface area contributed by atoms with Crippen molar-refractivity contribution in [3.05, 3.63) is 23.8 Å². The highest BCUT2D eigenvalue weighted by atomic mass is 32.3. The van der Waals surface area contributed by atoms with E-state index in [0.29, 0.717) is 32.1 Å². The third kappa shape index (κ3) is 8.91. The van der Waals surface area contributed by atoms with Crippen molar-refractivity contribution >= 4 is 32.4 Å². The van der Waals surface area contributed by atoms with Crippen molar-refractivity contribution in [2.45, 2.75) is 149 Å². The fourth-order valence-electron chi connectivity index (χ4n) is 9.76. The molecule has 284 valence electrons. The second kappa shape index (κ2) is 14.4. The molecule has 1 aromatic rings. The van der Waals surface area contributed by atoms with Gasteiger partial charge in [-0.2, -0.15) is 16.8 Å². The number of carbonyl (C=O) groups excluding carboxylic acids is 2. The quantitative estimate of drug-likeness (QED) is 0.183. The number of Topliss-reactive ketones (excluding diaryl/α,β-unsaturated/α-hetero) is 2. The van der Waals surface area contributed by atoms with E-state index < -0.39 is 60.6 Å². The molecule has 0 amide bonds. The lowest BCUT2D eigenvalue weighted by Crippen LogP contribution is -2.61. The molecule has 1 aromatic carbocycles. The molecule has 2 saturated carbocycles. The molecule has 7 unspecified atom stereocenters. The van der Waals surface area contributed by atoms with Crippen molar-refractivity contribution in [1.29, 1.82) is 0 Å². The van der Waals surface area contributed by atoms with Crippen LogP contribution in [0, 0.1) is 28.1 Å². The molecule has 1 heterocycles. The lowest BCUT2D eigenvalue weighted by atomic mass is 9.49. The number of aliphatic hydroxyl groups is 1. The van der Waals surface area contributed by atoms with Crippen LogP contribution < -0.4 is 8.37 Å². The van der Waals surface area contributed by atoms with Crippen LogP contribution in [0.2, 0.25) is 0 Å². The maximum atomic E-state index is 14.5. The Balaban J connectivity index is 1.69. The Bertz CT molecular complexity index is 1660. The molecule has 3 fully saturated rings. The van der Waals surface area contributed by atoms with Gasteiger partial charge in [0, 0.05) is 29.2 Å². The normalized spacial score (nSPS) is 34.6. The van der Waals surface area contributed by atoms with Gasteiger partial charge in [-0.15, -0.1) is 0 Å². The Morgan fingerprint density at radius 2 is 1.54 bits per heavy atom. The highest BCUT2D eigenvalue weighted by molar-refractivity contribution is 7.81. The molecular weight excluding hydrogens is 689 g/mol. The number of fused-ring (bicyclic) bond motifs is 1. The van der Waals surface area contributed by atoms with Crippen molar-refractivity contribution in [2.75, 3.05) is 0 Å². The lowest BCUT2D eigenvalue weighted by Gasteiger charge is -2.58. The van der Waals surface area contributed by atoms with Gasteiger partial charge in [-0.1, -0.05) is 34.1 Å². The van der Waals surface area contributed by atoms with Crippen LogP contribution in [0.4, 0.5) is 0 Å². The third-order valence-electron chi connectivity index (χ3n) is 12.6. The summed E-state index contributed by atoms with van der Waals surface area (Å²) in [4.78, 5) is 26.8. The molecule has 0 spiro atoms. The topological polar surface area (TPSA) is 191 Å². The number of hydrogen-bond donors (Lipinski definition) is 3. The first kappa shape index (κ1) is 40.7. The molecule has 3 N–H and O–H groups in total.